The largest absolute Gasteiger partial charge is 0.444 e. The standard InChI is InChI=1S/C46H62N8O9/c1-31-28-37(42(55)47-20-21-60-24-25-62-27-26-61-23-22-59-5)16-19-39(31)34-10-6-32(7-11-34)29-40(44(57)49-38-17-14-35(15-18-38)41-51-53-54-52-41)50-43(56)36-12-8-33(9-13-36)30-48-45(58)63-46(2,3)4/h6-7,10-11,14-19,28,33,36,40H,8-9,12-13,20-27,29-30H2,1-5H3,(H,47,55)(H,48,58)(H,49,57)(H,50,56)(H,51,52,53,54)/t33?,36?,40-/m0/s1. The molecule has 3 aromatic carbocycles. The molecule has 0 spiro atoms. The Morgan fingerprint density at radius 1 is 0.794 bits per heavy atom. The molecule has 1 fully saturated rings. The lowest BCUT2D eigenvalue weighted by Gasteiger charge is -2.29. The number of carbonyl (C=O) groups excluding carboxylic acids is 4. The molecule has 63 heavy (non-hydrogen) atoms. The van der Waals surface area contributed by atoms with Crippen LogP contribution in [-0.4, -0.2) is 123 Å². The Balaban J connectivity index is 1.14. The number of aryl methyl sites for hydroxylation is 1. The van der Waals surface area contributed by atoms with Crippen LogP contribution in [-0.2, 0) is 39.7 Å². The fraction of sp³-hybridized carbons (Fsp3) is 0.500. The molecule has 0 saturated heterocycles. The van der Waals surface area contributed by atoms with Gasteiger partial charge in [0.05, 0.1) is 46.2 Å². The summed E-state index contributed by atoms with van der Waals surface area (Å²) in [6, 6.07) is 19.6. The summed E-state index contributed by atoms with van der Waals surface area (Å²) in [5.74, 6) is -0.311. The van der Waals surface area contributed by atoms with E-state index in [1.165, 1.54) is 0 Å². The maximum absolute atomic E-state index is 13.9. The van der Waals surface area contributed by atoms with Crippen LogP contribution in [0, 0.1) is 18.8 Å². The molecule has 17 nitrogen and oxygen atoms in total. The summed E-state index contributed by atoms with van der Waals surface area (Å²) in [6.45, 7) is 11.6. The van der Waals surface area contributed by atoms with E-state index in [1.807, 2.05) is 64.1 Å². The van der Waals surface area contributed by atoms with Crippen molar-refractivity contribution < 1.29 is 42.9 Å². The molecule has 17 heteroatoms. The molecular formula is C46H62N8O9. The molecule has 0 unspecified atom stereocenters. The number of nitrogens with one attached hydrogen (secondary N) is 5. The van der Waals surface area contributed by atoms with Crippen molar-refractivity contribution in [1.29, 1.82) is 0 Å². The first-order chi connectivity index (χ1) is 30.4. The molecule has 1 atom stereocenters. The molecule has 4 aromatic rings. The highest BCUT2D eigenvalue weighted by Gasteiger charge is 2.30. The first kappa shape index (κ1) is 48.3. The second-order valence-electron chi connectivity index (χ2n) is 16.5. The second kappa shape index (κ2) is 24.8. The van der Waals surface area contributed by atoms with Gasteiger partial charge in [0.25, 0.3) is 5.91 Å². The number of carbonyl (C=O) groups is 4. The first-order valence-electron chi connectivity index (χ1n) is 21.5. The number of aromatic nitrogens is 4. The van der Waals surface area contributed by atoms with Gasteiger partial charge < -0.3 is 45.0 Å². The number of amides is 4. The Hall–Kier alpha value is -5.75. The number of methoxy groups -OCH3 is 1. The van der Waals surface area contributed by atoms with Crippen LogP contribution >= 0.6 is 0 Å². The summed E-state index contributed by atoms with van der Waals surface area (Å²) >= 11 is 0. The molecule has 5 N–H and O–H groups in total. The van der Waals surface area contributed by atoms with Gasteiger partial charge >= 0.3 is 6.09 Å². The lowest BCUT2D eigenvalue weighted by molar-refractivity contribution is -0.130. The number of aromatic amines is 1. The van der Waals surface area contributed by atoms with Crippen LogP contribution in [0.2, 0.25) is 0 Å². The van der Waals surface area contributed by atoms with E-state index in [2.05, 4.69) is 41.9 Å². The monoisotopic (exact) mass is 870 g/mol. The molecule has 0 bridgehead atoms. The van der Waals surface area contributed by atoms with Crippen molar-refractivity contribution in [1.82, 2.24) is 36.6 Å². The van der Waals surface area contributed by atoms with Crippen LogP contribution in [0.15, 0.2) is 66.7 Å². The predicted molar refractivity (Wildman–Crippen MR) is 237 cm³/mol. The number of benzene rings is 3. The van der Waals surface area contributed by atoms with Gasteiger partial charge in [0.15, 0.2) is 0 Å². The van der Waals surface area contributed by atoms with Gasteiger partial charge in [-0.15, -0.1) is 10.2 Å². The van der Waals surface area contributed by atoms with E-state index < -0.39 is 17.7 Å². The normalized spacial score (nSPS) is 15.6. The molecular weight excluding hydrogens is 809 g/mol. The Morgan fingerprint density at radius 2 is 1.44 bits per heavy atom. The summed E-state index contributed by atoms with van der Waals surface area (Å²) in [5, 5.41) is 25.8. The number of anilines is 1. The van der Waals surface area contributed by atoms with Crippen molar-refractivity contribution in [3.8, 4) is 22.5 Å². The average molecular weight is 871 g/mol. The Morgan fingerprint density at radius 3 is 2.06 bits per heavy atom. The number of hydrogen-bond acceptors (Lipinski definition) is 12. The third kappa shape index (κ3) is 16.5. The number of alkyl carbamates (subject to hydrolysis) is 1. The van der Waals surface area contributed by atoms with Gasteiger partial charge in [-0.3, -0.25) is 14.4 Å². The minimum atomic E-state index is -0.860. The highest BCUT2D eigenvalue weighted by Crippen LogP contribution is 2.29. The molecule has 1 heterocycles. The zero-order chi connectivity index (χ0) is 45.0. The summed E-state index contributed by atoms with van der Waals surface area (Å²) < 4.78 is 26.7. The van der Waals surface area contributed by atoms with Crippen molar-refractivity contribution in [2.24, 2.45) is 11.8 Å². The minimum absolute atomic E-state index is 0.175. The van der Waals surface area contributed by atoms with E-state index >= 15 is 0 Å². The maximum Gasteiger partial charge on any atom is 0.407 e. The van der Waals surface area contributed by atoms with Crippen LogP contribution in [0.4, 0.5) is 10.5 Å². The molecule has 0 aliphatic heterocycles. The molecule has 0 radical (unpaired) electrons. The van der Waals surface area contributed by atoms with Gasteiger partial charge in [-0.1, -0.05) is 30.3 Å². The van der Waals surface area contributed by atoms with Crippen molar-refractivity contribution in [2.45, 2.75) is 71.4 Å². The summed E-state index contributed by atoms with van der Waals surface area (Å²) in [4.78, 5) is 52.7. The zero-order valence-electron chi connectivity index (χ0n) is 37.0. The van der Waals surface area contributed by atoms with Crippen molar-refractivity contribution >= 4 is 29.5 Å². The lowest BCUT2D eigenvalue weighted by Crippen LogP contribution is -2.48. The fourth-order valence-corrected chi connectivity index (χ4v) is 7.09. The van der Waals surface area contributed by atoms with Crippen LogP contribution in [0.5, 0.6) is 0 Å². The van der Waals surface area contributed by atoms with E-state index in [0.717, 1.165) is 40.7 Å². The number of tetrazole rings is 1. The highest BCUT2D eigenvalue weighted by molar-refractivity contribution is 5.98. The zero-order valence-corrected chi connectivity index (χ0v) is 37.0. The van der Waals surface area contributed by atoms with E-state index in [-0.39, 0.29) is 36.0 Å². The number of H-pyrrole nitrogens is 1. The second-order valence-corrected chi connectivity index (χ2v) is 16.5. The minimum Gasteiger partial charge on any atom is -0.444 e. The first-order valence-corrected chi connectivity index (χ1v) is 21.5. The van der Waals surface area contributed by atoms with Crippen LogP contribution in [0.25, 0.3) is 22.5 Å². The van der Waals surface area contributed by atoms with E-state index in [9.17, 15) is 19.2 Å². The molecule has 1 saturated carbocycles. The summed E-state index contributed by atoms with van der Waals surface area (Å²) in [6.07, 6.45) is 2.63. The maximum atomic E-state index is 13.9. The van der Waals surface area contributed by atoms with E-state index in [1.54, 1.807) is 37.4 Å². The third-order valence-corrected chi connectivity index (χ3v) is 10.4. The van der Waals surface area contributed by atoms with Crippen molar-refractivity contribution in [3.05, 3.63) is 83.4 Å². The molecule has 340 valence electrons. The summed E-state index contributed by atoms with van der Waals surface area (Å²) in [5.41, 5.74) is 4.96. The van der Waals surface area contributed by atoms with Crippen LogP contribution in [0.1, 0.15) is 67.9 Å². The predicted octanol–water partition coefficient (Wildman–Crippen LogP) is 5.27. The van der Waals surface area contributed by atoms with Crippen molar-refractivity contribution in [3.63, 3.8) is 0 Å². The number of hydrogen-bond donors (Lipinski definition) is 5. The van der Waals surface area contributed by atoms with Gasteiger partial charge in [-0.25, -0.2) is 4.79 Å². The Kier molecular flexibility index (Phi) is 19.0. The van der Waals surface area contributed by atoms with Gasteiger partial charge in [0.2, 0.25) is 17.6 Å². The lowest BCUT2D eigenvalue weighted by atomic mass is 9.81. The summed E-state index contributed by atoms with van der Waals surface area (Å²) in [7, 11) is 1.63. The third-order valence-electron chi connectivity index (χ3n) is 10.4. The fourth-order valence-electron chi connectivity index (χ4n) is 7.09. The number of rotatable bonds is 23. The smallest absolute Gasteiger partial charge is 0.407 e. The van der Waals surface area contributed by atoms with E-state index in [0.29, 0.717) is 89.3 Å². The Bertz CT molecular complexity index is 2030. The topological polar surface area (TPSA) is 217 Å². The van der Waals surface area contributed by atoms with Crippen LogP contribution < -0.4 is 21.3 Å². The van der Waals surface area contributed by atoms with Crippen molar-refractivity contribution in [2.75, 3.05) is 71.8 Å². The van der Waals surface area contributed by atoms with Gasteiger partial charge in [-0.2, -0.15) is 5.21 Å². The Labute approximate surface area is 369 Å². The molecule has 1 aliphatic carbocycles. The number of nitrogens with zero attached hydrogens (tertiary/aromatic N) is 3. The molecule has 4 amide bonds. The quantitative estimate of drug-likeness (QED) is 0.0603. The number of ether oxygens (including phenoxy) is 5. The van der Waals surface area contributed by atoms with Crippen LogP contribution in [0.3, 0.4) is 0 Å². The molecule has 5 rings (SSSR count). The van der Waals surface area contributed by atoms with Gasteiger partial charge in [0.1, 0.15) is 11.6 Å². The van der Waals surface area contributed by atoms with Gasteiger partial charge in [-0.05, 0) is 123 Å². The SMILES string of the molecule is COCCOCCOCCOCCNC(=O)c1ccc(-c2ccc(C[C@H](NC(=O)C3CCC(CNC(=O)OC(C)(C)C)CC3)C(=O)Nc3ccc(-c4nn[nH]n4)cc3)cc2)c(C)c1. The highest BCUT2D eigenvalue weighted by atomic mass is 16.6. The molecule has 1 aliphatic rings. The molecule has 1 aromatic heterocycles. The van der Waals surface area contributed by atoms with E-state index in [4.69, 9.17) is 23.7 Å². The van der Waals surface area contributed by atoms with Gasteiger partial charge in [0, 0.05) is 49.4 Å². The average Bonchev–Trinajstić information content (AvgIpc) is 3.81.